The smallest absolute Gasteiger partial charge is 0.259 e. The Balaban J connectivity index is 1.48. The van der Waals surface area contributed by atoms with E-state index in [0.717, 1.165) is 25.1 Å². The highest BCUT2D eigenvalue weighted by Gasteiger charge is 2.30. The first kappa shape index (κ1) is 19.6. The normalized spacial score (nSPS) is 16.4. The van der Waals surface area contributed by atoms with Crippen molar-refractivity contribution in [3.05, 3.63) is 71.5 Å². The summed E-state index contributed by atoms with van der Waals surface area (Å²) in [7, 11) is 0. The van der Waals surface area contributed by atoms with Crippen LogP contribution in [-0.4, -0.2) is 50.0 Å². The first-order valence-corrected chi connectivity index (χ1v) is 10.5. The lowest BCUT2D eigenvalue weighted by molar-refractivity contribution is 0.0971. The molecule has 0 unspecified atom stereocenters. The average molecular weight is 434 g/mol. The number of amides is 1. The first-order chi connectivity index (χ1) is 15.2. The molecule has 31 heavy (non-hydrogen) atoms. The van der Waals surface area contributed by atoms with E-state index in [0.29, 0.717) is 34.1 Å². The summed E-state index contributed by atoms with van der Waals surface area (Å²) in [4.78, 5) is 24.0. The Bertz CT molecular complexity index is 1220. The summed E-state index contributed by atoms with van der Waals surface area (Å²) in [6.07, 6.45) is 5.24. The largest absolute Gasteiger partial charge is 0.315 e. The van der Waals surface area contributed by atoms with Crippen LogP contribution >= 0.6 is 11.6 Å². The van der Waals surface area contributed by atoms with Crippen molar-refractivity contribution >= 4 is 34.5 Å². The van der Waals surface area contributed by atoms with Crippen molar-refractivity contribution in [1.29, 1.82) is 0 Å². The molecule has 9 heteroatoms. The van der Waals surface area contributed by atoms with Gasteiger partial charge in [0.15, 0.2) is 11.5 Å². The predicted molar refractivity (Wildman–Crippen MR) is 119 cm³/mol. The van der Waals surface area contributed by atoms with Crippen LogP contribution in [0.4, 0.5) is 5.82 Å². The minimum Gasteiger partial charge on any atom is -0.315 e. The number of aromatic nitrogens is 5. The fraction of sp³-hybridized carbons (Fsp3) is 0.227. The average Bonchev–Trinajstić information content (AvgIpc) is 3.25. The number of carbonyl (C=O) groups is 1. The van der Waals surface area contributed by atoms with Crippen LogP contribution in [0.5, 0.6) is 0 Å². The molecule has 1 N–H and O–H groups in total. The number of benzene rings is 1. The van der Waals surface area contributed by atoms with Crippen LogP contribution in [-0.2, 0) is 0 Å². The van der Waals surface area contributed by atoms with Gasteiger partial charge >= 0.3 is 0 Å². The molecule has 8 nitrogen and oxygen atoms in total. The van der Waals surface area contributed by atoms with Crippen molar-refractivity contribution < 1.29 is 4.79 Å². The topological polar surface area (TPSA) is 88.8 Å². The molecule has 156 valence electrons. The minimum absolute atomic E-state index is 0.0169. The summed E-state index contributed by atoms with van der Waals surface area (Å²) in [6.45, 7) is 1.65. The lowest BCUT2D eigenvalue weighted by atomic mass is 10.0. The third kappa shape index (κ3) is 3.75. The summed E-state index contributed by atoms with van der Waals surface area (Å²) in [5, 5.41) is 12.1. The first-order valence-electron chi connectivity index (χ1n) is 10.1. The van der Waals surface area contributed by atoms with Crippen molar-refractivity contribution in [2.45, 2.75) is 18.9 Å². The zero-order chi connectivity index (χ0) is 21.2. The summed E-state index contributed by atoms with van der Waals surface area (Å²) in [5.74, 6) is 0.348. The number of rotatable bonds is 4. The molecule has 1 amide bonds. The SMILES string of the molecule is O=C(c1ccc(-n2nnc3cccnc32)cc1)N(c1ncccc1Cl)[C@H]1CCCNC1. The van der Waals surface area contributed by atoms with E-state index in [-0.39, 0.29) is 11.9 Å². The Labute approximate surface area is 183 Å². The molecule has 0 saturated carbocycles. The maximum Gasteiger partial charge on any atom is 0.259 e. The molecule has 4 aromatic rings. The van der Waals surface area contributed by atoms with Gasteiger partial charge in [-0.15, -0.1) is 5.10 Å². The van der Waals surface area contributed by atoms with E-state index in [1.807, 2.05) is 24.3 Å². The monoisotopic (exact) mass is 433 g/mol. The van der Waals surface area contributed by atoms with Gasteiger partial charge in [0.1, 0.15) is 5.52 Å². The Morgan fingerprint density at radius 3 is 2.68 bits per heavy atom. The number of anilines is 1. The van der Waals surface area contributed by atoms with Gasteiger partial charge in [-0.3, -0.25) is 9.69 Å². The van der Waals surface area contributed by atoms with Crippen molar-refractivity contribution in [3.63, 3.8) is 0 Å². The summed E-state index contributed by atoms with van der Waals surface area (Å²) >= 11 is 6.42. The third-order valence-electron chi connectivity index (χ3n) is 5.39. The number of pyridine rings is 2. The molecule has 1 aliphatic heterocycles. The van der Waals surface area contributed by atoms with Crippen molar-refractivity contribution in [2.75, 3.05) is 18.0 Å². The third-order valence-corrected chi connectivity index (χ3v) is 5.68. The van der Waals surface area contributed by atoms with E-state index in [4.69, 9.17) is 11.6 Å². The summed E-state index contributed by atoms with van der Waals surface area (Å²) < 4.78 is 1.65. The van der Waals surface area contributed by atoms with Gasteiger partial charge in [0, 0.05) is 24.5 Å². The standard InChI is InChI=1S/C22H20ClN7O/c23-18-5-2-12-25-20(18)29(17-4-1-11-24-14-17)22(31)15-7-9-16(10-8-15)30-21-19(27-28-30)6-3-13-26-21/h2-3,5-10,12-13,17,24H,1,4,11,14H2/t17-/m0/s1. The molecule has 0 aliphatic carbocycles. The Kier molecular flexibility index (Phi) is 5.31. The van der Waals surface area contributed by atoms with Crippen LogP contribution in [0.15, 0.2) is 60.9 Å². The number of hydrogen-bond donors (Lipinski definition) is 1. The second-order valence-electron chi connectivity index (χ2n) is 7.38. The molecule has 1 saturated heterocycles. The molecule has 1 atom stereocenters. The van der Waals surface area contributed by atoms with E-state index in [1.165, 1.54) is 0 Å². The van der Waals surface area contributed by atoms with Crippen LogP contribution < -0.4 is 10.2 Å². The van der Waals surface area contributed by atoms with E-state index in [9.17, 15) is 4.79 Å². The number of nitrogens with one attached hydrogen (secondary N) is 1. The van der Waals surface area contributed by atoms with E-state index >= 15 is 0 Å². The van der Waals surface area contributed by atoms with Gasteiger partial charge in [-0.1, -0.05) is 16.8 Å². The lowest BCUT2D eigenvalue weighted by Crippen LogP contribution is -2.49. The van der Waals surface area contributed by atoms with Crippen LogP contribution in [0.1, 0.15) is 23.2 Å². The number of hydrogen-bond acceptors (Lipinski definition) is 6. The fourth-order valence-electron chi connectivity index (χ4n) is 3.87. The predicted octanol–water partition coefficient (Wildman–Crippen LogP) is 3.26. The fourth-order valence-corrected chi connectivity index (χ4v) is 4.08. The van der Waals surface area contributed by atoms with Crippen LogP contribution in [0, 0.1) is 0 Å². The Hall–Kier alpha value is -3.36. The van der Waals surface area contributed by atoms with Gasteiger partial charge in [-0.05, 0) is 67.9 Å². The molecular weight excluding hydrogens is 414 g/mol. The van der Waals surface area contributed by atoms with Crippen molar-refractivity contribution in [2.24, 2.45) is 0 Å². The maximum atomic E-state index is 13.6. The van der Waals surface area contributed by atoms with Gasteiger partial charge < -0.3 is 5.32 Å². The van der Waals surface area contributed by atoms with Crippen molar-refractivity contribution in [1.82, 2.24) is 30.3 Å². The highest BCUT2D eigenvalue weighted by atomic mass is 35.5. The molecule has 0 spiro atoms. The van der Waals surface area contributed by atoms with Crippen LogP contribution in [0.25, 0.3) is 16.9 Å². The Morgan fingerprint density at radius 1 is 1.10 bits per heavy atom. The molecule has 0 radical (unpaired) electrons. The maximum absolute atomic E-state index is 13.6. The number of carbonyl (C=O) groups excluding carboxylic acids is 1. The zero-order valence-electron chi connectivity index (χ0n) is 16.6. The number of nitrogens with zero attached hydrogens (tertiary/aromatic N) is 6. The summed E-state index contributed by atoms with van der Waals surface area (Å²) in [5.41, 5.74) is 2.70. The number of halogens is 1. The van der Waals surface area contributed by atoms with E-state index in [1.54, 1.807) is 46.2 Å². The molecule has 0 bridgehead atoms. The number of piperidine rings is 1. The van der Waals surface area contributed by atoms with Gasteiger partial charge in [0.2, 0.25) is 0 Å². The zero-order valence-corrected chi connectivity index (χ0v) is 17.4. The van der Waals surface area contributed by atoms with Gasteiger partial charge in [0.05, 0.1) is 16.8 Å². The molecule has 1 fully saturated rings. The van der Waals surface area contributed by atoms with E-state index in [2.05, 4.69) is 25.6 Å². The number of fused-ring (bicyclic) bond motifs is 1. The molecule has 1 aromatic carbocycles. The second kappa shape index (κ2) is 8.41. The van der Waals surface area contributed by atoms with Gasteiger partial charge in [-0.2, -0.15) is 4.68 Å². The van der Waals surface area contributed by atoms with Crippen molar-refractivity contribution in [3.8, 4) is 5.69 Å². The minimum atomic E-state index is -0.137. The molecule has 3 aromatic heterocycles. The molecular formula is C22H20ClN7O. The molecule has 4 heterocycles. The lowest BCUT2D eigenvalue weighted by Gasteiger charge is -2.34. The highest BCUT2D eigenvalue weighted by Crippen LogP contribution is 2.28. The second-order valence-corrected chi connectivity index (χ2v) is 7.79. The molecule has 5 rings (SSSR count). The highest BCUT2D eigenvalue weighted by molar-refractivity contribution is 6.33. The Morgan fingerprint density at radius 2 is 1.90 bits per heavy atom. The van der Waals surface area contributed by atoms with E-state index < -0.39 is 0 Å². The van der Waals surface area contributed by atoms with Gasteiger partial charge in [0.25, 0.3) is 5.91 Å². The quantitative estimate of drug-likeness (QED) is 0.531. The van der Waals surface area contributed by atoms with Crippen LogP contribution in [0.2, 0.25) is 5.02 Å². The van der Waals surface area contributed by atoms with Gasteiger partial charge in [-0.25, -0.2) is 9.97 Å². The summed E-state index contributed by atoms with van der Waals surface area (Å²) in [6, 6.07) is 14.4. The van der Waals surface area contributed by atoms with Crippen LogP contribution in [0.3, 0.4) is 0 Å². The molecule has 1 aliphatic rings.